The van der Waals surface area contributed by atoms with Gasteiger partial charge in [0, 0.05) is 18.0 Å². The molecular formula is C11H16N2O. The third-order valence-electron chi connectivity index (χ3n) is 2.55. The van der Waals surface area contributed by atoms with Crippen molar-refractivity contribution < 1.29 is 4.74 Å². The van der Waals surface area contributed by atoms with Gasteiger partial charge in [0.2, 0.25) is 0 Å². The number of nitrogens with one attached hydrogen (secondary N) is 1. The minimum Gasteiger partial charge on any atom is -0.490 e. The van der Waals surface area contributed by atoms with Crippen LogP contribution in [-0.4, -0.2) is 24.2 Å². The normalized spacial score (nSPS) is 18.1. The van der Waals surface area contributed by atoms with Gasteiger partial charge in [-0.3, -0.25) is 4.98 Å². The van der Waals surface area contributed by atoms with Gasteiger partial charge in [0.05, 0.1) is 0 Å². The highest BCUT2D eigenvalue weighted by molar-refractivity contribution is 5.28. The fraction of sp³-hybridized carbons (Fsp3) is 0.545. The molecule has 1 aromatic heterocycles. The Labute approximate surface area is 84.5 Å². The van der Waals surface area contributed by atoms with Crippen LogP contribution in [0.25, 0.3) is 0 Å². The largest absolute Gasteiger partial charge is 0.490 e. The van der Waals surface area contributed by atoms with Crippen LogP contribution in [-0.2, 0) is 0 Å². The summed E-state index contributed by atoms with van der Waals surface area (Å²) < 4.78 is 5.91. The van der Waals surface area contributed by atoms with E-state index in [1.165, 1.54) is 0 Å². The zero-order chi connectivity index (χ0) is 9.80. The lowest BCUT2D eigenvalue weighted by Crippen LogP contribution is -2.34. The van der Waals surface area contributed by atoms with E-state index in [2.05, 4.69) is 10.3 Å². The maximum atomic E-state index is 5.91. The molecule has 1 saturated heterocycles. The van der Waals surface area contributed by atoms with Crippen molar-refractivity contribution in [1.29, 1.82) is 0 Å². The SMILES string of the molecule is Cc1cnccc1OC1CCNCC1. The van der Waals surface area contributed by atoms with Crippen LogP contribution in [0.3, 0.4) is 0 Å². The topological polar surface area (TPSA) is 34.1 Å². The summed E-state index contributed by atoms with van der Waals surface area (Å²) in [4.78, 5) is 4.05. The van der Waals surface area contributed by atoms with E-state index < -0.39 is 0 Å². The first kappa shape index (κ1) is 9.46. The summed E-state index contributed by atoms with van der Waals surface area (Å²) in [6, 6.07) is 1.94. The second-order valence-corrected chi connectivity index (χ2v) is 3.71. The van der Waals surface area contributed by atoms with Crippen LogP contribution in [0.5, 0.6) is 5.75 Å². The van der Waals surface area contributed by atoms with Crippen LogP contribution >= 0.6 is 0 Å². The number of hydrogen-bond donors (Lipinski definition) is 1. The summed E-state index contributed by atoms with van der Waals surface area (Å²) in [6.45, 7) is 4.16. The molecule has 0 spiro atoms. The predicted molar refractivity (Wildman–Crippen MR) is 55.5 cm³/mol. The van der Waals surface area contributed by atoms with E-state index >= 15 is 0 Å². The van der Waals surface area contributed by atoms with Gasteiger partial charge in [-0.05, 0) is 38.9 Å². The van der Waals surface area contributed by atoms with E-state index in [0.29, 0.717) is 6.10 Å². The van der Waals surface area contributed by atoms with Crippen LogP contribution in [0.1, 0.15) is 18.4 Å². The molecule has 2 heterocycles. The van der Waals surface area contributed by atoms with Gasteiger partial charge in [-0.15, -0.1) is 0 Å². The maximum absolute atomic E-state index is 5.91. The Balaban J connectivity index is 1.99. The minimum absolute atomic E-state index is 0.373. The van der Waals surface area contributed by atoms with E-state index in [9.17, 15) is 0 Å². The summed E-state index contributed by atoms with van der Waals surface area (Å²) in [5, 5.41) is 3.32. The zero-order valence-electron chi connectivity index (χ0n) is 8.49. The number of aromatic nitrogens is 1. The summed E-state index contributed by atoms with van der Waals surface area (Å²) in [5.74, 6) is 0.979. The standard InChI is InChI=1S/C11H16N2O/c1-9-8-13-7-4-11(9)14-10-2-5-12-6-3-10/h4,7-8,10,12H,2-3,5-6H2,1H3. The fourth-order valence-electron chi connectivity index (χ4n) is 1.69. The third-order valence-corrected chi connectivity index (χ3v) is 2.55. The van der Waals surface area contributed by atoms with Crippen molar-refractivity contribution in [3.63, 3.8) is 0 Å². The third kappa shape index (κ3) is 2.23. The molecule has 1 fully saturated rings. The molecule has 14 heavy (non-hydrogen) atoms. The predicted octanol–water partition coefficient (Wildman–Crippen LogP) is 1.52. The van der Waals surface area contributed by atoms with Crippen LogP contribution in [0.2, 0.25) is 0 Å². The summed E-state index contributed by atoms with van der Waals surface area (Å²) in [7, 11) is 0. The highest BCUT2D eigenvalue weighted by atomic mass is 16.5. The molecule has 1 aliphatic heterocycles. The highest BCUT2D eigenvalue weighted by Gasteiger charge is 2.14. The minimum atomic E-state index is 0.373. The first-order valence-corrected chi connectivity index (χ1v) is 5.14. The molecule has 1 aromatic rings. The number of pyridine rings is 1. The molecule has 0 aliphatic carbocycles. The van der Waals surface area contributed by atoms with E-state index in [-0.39, 0.29) is 0 Å². The molecule has 0 unspecified atom stereocenters. The molecule has 3 heteroatoms. The fourth-order valence-corrected chi connectivity index (χ4v) is 1.69. The second-order valence-electron chi connectivity index (χ2n) is 3.71. The van der Waals surface area contributed by atoms with Crippen molar-refractivity contribution in [2.75, 3.05) is 13.1 Å². The van der Waals surface area contributed by atoms with Gasteiger partial charge in [-0.1, -0.05) is 0 Å². The van der Waals surface area contributed by atoms with Crippen LogP contribution < -0.4 is 10.1 Å². The van der Waals surface area contributed by atoms with Gasteiger partial charge in [0.15, 0.2) is 0 Å². The first-order valence-electron chi connectivity index (χ1n) is 5.14. The molecule has 1 N–H and O–H groups in total. The Bertz CT molecular complexity index is 295. The molecular weight excluding hydrogens is 176 g/mol. The van der Waals surface area contributed by atoms with E-state index in [1.807, 2.05) is 19.2 Å². The lowest BCUT2D eigenvalue weighted by Gasteiger charge is -2.24. The average Bonchev–Trinajstić information content (AvgIpc) is 2.23. The summed E-state index contributed by atoms with van der Waals surface area (Å²) in [6.07, 6.45) is 6.20. The van der Waals surface area contributed by atoms with Crippen molar-refractivity contribution in [2.24, 2.45) is 0 Å². The number of rotatable bonds is 2. The van der Waals surface area contributed by atoms with Crippen LogP contribution in [0.15, 0.2) is 18.5 Å². The number of piperidine rings is 1. The van der Waals surface area contributed by atoms with E-state index in [0.717, 1.165) is 37.2 Å². The van der Waals surface area contributed by atoms with Gasteiger partial charge in [-0.25, -0.2) is 0 Å². The number of aryl methyl sites for hydroxylation is 1. The molecule has 0 saturated carbocycles. The molecule has 1 aliphatic rings. The lowest BCUT2D eigenvalue weighted by molar-refractivity contribution is 0.161. The molecule has 0 radical (unpaired) electrons. The lowest BCUT2D eigenvalue weighted by atomic mass is 10.1. The first-order chi connectivity index (χ1) is 6.86. The Morgan fingerprint density at radius 2 is 2.21 bits per heavy atom. The van der Waals surface area contributed by atoms with Crippen molar-refractivity contribution in [3.05, 3.63) is 24.0 Å². The van der Waals surface area contributed by atoms with Gasteiger partial charge < -0.3 is 10.1 Å². The zero-order valence-corrected chi connectivity index (χ0v) is 8.49. The Kier molecular flexibility index (Phi) is 2.99. The molecule has 76 valence electrons. The van der Waals surface area contributed by atoms with Gasteiger partial charge in [-0.2, -0.15) is 0 Å². The van der Waals surface area contributed by atoms with Gasteiger partial charge >= 0.3 is 0 Å². The van der Waals surface area contributed by atoms with Crippen molar-refractivity contribution in [1.82, 2.24) is 10.3 Å². The number of ether oxygens (including phenoxy) is 1. The van der Waals surface area contributed by atoms with E-state index in [1.54, 1.807) is 6.20 Å². The maximum Gasteiger partial charge on any atom is 0.125 e. The number of hydrogen-bond acceptors (Lipinski definition) is 3. The molecule has 0 amide bonds. The second kappa shape index (κ2) is 4.42. The molecule has 0 atom stereocenters. The Morgan fingerprint density at radius 1 is 1.43 bits per heavy atom. The molecule has 3 nitrogen and oxygen atoms in total. The quantitative estimate of drug-likeness (QED) is 0.771. The molecule has 0 aromatic carbocycles. The molecule has 0 bridgehead atoms. The van der Waals surface area contributed by atoms with Crippen molar-refractivity contribution in [2.45, 2.75) is 25.9 Å². The van der Waals surface area contributed by atoms with E-state index in [4.69, 9.17) is 4.74 Å². The highest BCUT2D eigenvalue weighted by Crippen LogP contribution is 2.19. The van der Waals surface area contributed by atoms with Crippen LogP contribution in [0.4, 0.5) is 0 Å². The van der Waals surface area contributed by atoms with Crippen molar-refractivity contribution >= 4 is 0 Å². The average molecular weight is 192 g/mol. The summed E-state index contributed by atoms with van der Waals surface area (Å²) in [5.41, 5.74) is 1.12. The smallest absolute Gasteiger partial charge is 0.125 e. The monoisotopic (exact) mass is 192 g/mol. The van der Waals surface area contributed by atoms with Crippen LogP contribution in [0, 0.1) is 6.92 Å². The Morgan fingerprint density at radius 3 is 2.93 bits per heavy atom. The van der Waals surface area contributed by atoms with Gasteiger partial charge in [0.25, 0.3) is 0 Å². The molecule has 2 rings (SSSR count). The number of nitrogens with zero attached hydrogens (tertiary/aromatic N) is 1. The van der Waals surface area contributed by atoms with Crippen molar-refractivity contribution in [3.8, 4) is 5.75 Å². The summed E-state index contributed by atoms with van der Waals surface area (Å²) >= 11 is 0. The Hall–Kier alpha value is -1.09. The van der Waals surface area contributed by atoms with Gasteiger partial charge in [0.1, 0.15) is 11.9 Å².